The van der Waals surface area contributed by atoms with Gasteiger partial charge in [0.05, 0.1) is 0 Å². The first kappa shape index (κ1) is 13.4. The molecule has 0 aromatic carbocycles. The predicted octanol–water partition coefficient (Wildman–Crippen LogP) is 3.87. The number of hydrogen-bond donors (Lipinski definition) is 0. The zero-order valence-corrected chi connectivity index (χ0v) is 11.1. The molecule has 0 aliphatic heterocycles. The molecule has 0 unspecified atom stereocenters. The van der Waals surface area contributed by atoms with Gasteiger partial charge in [0, 0.05) is 23.0 Å². The molecule has 0 aliphatic rings. The molecule has 0 spiro atoms. The van der Waals surface area contributed by atoms with Gasteiger partial charge in [0.1, 0.15) is 0 Å². The lowest BCUT2D eigenvalue weighted by Crippen LogP contribution is -1.85. The van der Waals surface area contributed by atoms with Crippen molar-refractivity contribution >= 4 is 45.1 Å². The topological polar surface area (TPSA) is 0 Å². The molecule has 0 saturated carbocycles. The minimum absolute atomic E-state index is 1.26. The molecule has 0 fully saturated rings. The zero-order chi connectivity index (χ0) is 9.07. The summed E-state index contributed by atoms with van der Waals surface area (Å²) in [6, 6.07) is 0. The molecule has 0 aromatic rings. The average Bonchev–Trinajstić information content (AvgIpc) is 2.10. The molecule has 0 atom stereocenters. The molecule has 74 valence electrons. The third-order valence-corrected chi connectivity index (χ3v) is 5.84. The van der Waals surface area contributed by atoms with Crippen LogP contribution in [0.3, 0.4) is 0 Å². The Morgan fingerprint density at radius 3 is 1.42 bits per heavy atom. The fraction of sp³-hybridized carbons (Fsp3) is 1.00. The van der Waals surface area contributed by atoms with Crippen LogP contribution in [0.15, 0.2) is 0 Å². The maximum absolute atomic E-state index is 2.22. The Hall–Kier alpha value is 1.40. The minimum Gasteiger partial charge on any atom is -0.161 e. The van der Waals surface area contributed by atoms with Gasteiger partial charge in [-0.3, -0.25) is 0 Å². The Morgan fingerprint density at radius 2 is 1.08 bits per heavy atom. The van der Waals surface area contributed by atoms with Gasteiger partial charge in [-0.25, -0.2) is 0 Å². The van der Waals surface area contributed by atoms with E-state index >= 15 is 0 Å². The Morgan fingerprint density at radius 1 is 0.667 bits per heavy atom. The van der Waals surface area contributed by atoms with Crippen LogP contribution in [0, 0.1) is 0 Å². The Bertz CT molecular complexity index is 67.5. The lowest BCUT2D eigenvalue weighted by molar-refractivity contribution is 1.48. The van der Waals surface area contributed by atoms with E-state index in [9.17, 15) is 0 Å². The molecule has 0 aromatic heterocycles. The summed E-state index contributed by atoms with van der Waals surface area (Å²) in [6.07, 6.45) is 0. The third-order valence-electron chi connectivity index (χ3n) is 1.11. The van der Waals surface area contributed by atoms with Crippen LogP contribution in [-0.2, 0) is 0 Å². The van der Waals surface area contributed by atoms with E-state index in [0.717, 1.165) is 0 Å². The summed E-state index contributed by atoms with van der Waals surface area (Å²) >= 11 is 4.07. The van der Waals surface area contributed by atoms with Crippen molar-refractivity contribution in [3.8, 4) is 0 Å². The summed E-state index contributed by atoms with van der Waals surface area (Å²) in [5.41, 5.74) is 0. The number of rotatable bonds is 9. The molecule has 0 N–H and O–H groups in total. The maximum Gasteiger partial charge on any atom is 0.0128 e. The van der Waals surface area contributed by atoms with E-state index in [1.807, 2.05) is 45.1 Å². The van der Waals surface area contributed by atoms with Gasteiger partial charge in [0.15, 0.2) is 0 Å². The summed E-state index contributed by atoms with van der Waals surface area (Å²) < 4.78 is 0. The lowest BCUT2D eigenvalue weighted by atomic mass is 10.9. The van der Waals surface area contributed by atoms with Crippen LogP contribution in [0.1, 0.15) is 13.8 Å². The molecule has 12 heavy (non-hydrogen) atoms. The van der Waals surface area contributed by atoms with Crippen molar-refractivity contribution in [2.75, 3.05) is 34.5 Å². The van der Waals surface area contributed by atoms with Crippen LogP contribution in [-0.4, -0.2) is 34.5 Å². The van der Waals surface area contributed by atoms with E-state index in [-0.39, 0.29) is 0 Å². The second kappa shape index (κ2) is 12.4. The number of hydrogen-bond acceptors (Lipinski definition) is 4. The van der Waals surface area contributed by atoms with Crippen molar-refractivity contribution in [1.82, 2.24) is 0 Å². The molecule has 0 saturated heterocycles. The van der Waals surface area contributed by atoms with Crippen molar-refractivity contribution < 1.29 is 0 Å². The van der Waals surface area contributed by atoms with Crippen molar-refractivity contribution in [3.63, 3.8) is 0 Å². The monoisotopic (exact) mass is 242 g/mol. The van der Waals surface area contributed by atoms with Crippen LogP contribution >= 0.6 is 45.1 Å². The zero-order valence-electron chi connectivity index (χ0n) is 7.88. The van der Waals surface area contributed by atoms with Crippen LogP contribution < -0.4 is 0 Å². The molecular weight excluding hydrogens is 224 g/mol. The minimum atomic E-state index is 1.26. The van der Waals surface area contributed by atoms with Crippen LogP contribution in [0.5, 0.6) is 0 Å². The highest BCUT2D eigenvalue weighted by Crippen LogP contribution is 2.23. The van der Waals surface area contributed by atoms with Gasteiger partial charge in [0.25, 0.3) is 0 Å². The van der Waals surface area contributed by atoms with E-state index in [1.165, 1.54) is 34.5 Å². The Labute approximate surface area is 93.2 Å². The highest BCUT2D eigenvalue weighted by molar-refractivity contribution is 8.76. The molecule has 0 bridgehead atoms. The van der Waals surface area contributed by atoms with Crippen molar-refractivity contribution in [1.29, 1.82) is 0 Å². The predicted molar refractivity (Wildman–Crippen MR) is 70.9 cm³/mol. The highest BCUT2D eigenvalue weighted by Gasteiger charge is 1.90. The molecule has 0 radical (unpaired) electrons. The van der Waals surface area contributed by atoms with Gasteiger partial charge in [-0.15, -0.1) is 0 Å². The van der Waals surface area contributed by atoms with Gasteiger partial charge in [0.2, 0.25) is 0 Å². The quantitative estimate of drug-likeness (QED) is 0.444. The van der Waals surface area contributed by atoms with E-state index in [1.54, 1.807) is 0 Å². The largest absolute Gasteiger partial charge is 0.161 e. The second-order valence-corrected chi connectivity index (χ2v) is 7.53. The molecular formula is C8H18S4. The molecule has 0 rings (SSSR count). The van der Waals surface area contributed by atoms with Crippen LogP contribution in [0.2, 0.25) is 0 Å². The van der Waals surface area contributed by atoms with Crippen molar-refractivity contribution in [2.45, 2.75) is 13.8 Å². The van der Waals surface area contributed by atoms with Gasteiger partial charge < -0.3 is 0 Å². The van der Waals surface area contributed by atoms with E-state index in [4.69, 9.17) is 0 Å². The number of thioether (sulfide) groups is 2. The maximum atomic E-state index is 2.22. The molecule has 0 heterocycles. The van der Waals surface area contributed by atoms with Gasteiger partial charge in [-0.1, -0.05) is 35.4 Å². The fourth-order valence-corrected chi connectivity index (χ4v) is 4.82. The summed E-state index contributed by atoms with van der Waals surface area (Å²) in [6.45, 7) is 4.45. The highest BCUT2D eigenvalue weighted by atomic mass is 33.1. The normalized spacial score (nSPS) is 10.5. The summed E-state index contributed by atoms with van der Waals surface area (Å²) in [4.78, 5) is 0. The molecule has 4 heteroatoms. The van der Waals surface area contributed by atoms with Gasteiger partial charge in [-0.2, -0.15) is 23.5 Å². The first-order valence-corrected chi connectivity index (χ1v) is 9.11. The fourth-order valence-electron chi connectivity index (χ4n) is 0.592. The van der Waals surface area contributed by atoms with Crippen molar-refractivity contribution in [2.24, 2.45) is 0 Å². The third kappa shape index (κ3) is 11.4. The molecule has 0 aliphatic carbocycles. The lowest BCUT2D eigenvalue weighted by Gasteiger charge is -1.99. The van der Waals surface area contributed by atoms with Gasteiger partial charge >= 0.3 is 0 Å². The first-order chi connectivity index (χ1) is 5.91. The van der Waals surface area contributed by atoms with Gasteiger partial charge in [-0.05, 0) is 11.5 Å². The van der Waals surface area contributed by atoms with E-state index < -0.39 is 0 Å². The van der Waals surface area contributed by atoms with Crippen LogP contribution in [0.4, 0.5) is 0 Å². The Kier molecular flexibility index (Phi) is 13.8. The van der Waals surface area contributed by atoms with Crippen LogP contribution in [0.25, 0.3) is 0 Å². The summed E-state index contributed by atoms with van der Waals surface area (Å²) in [7, 11) is 4.05. The standard InChI is InChI=1S/C8H18S4/c1-3-9-5-7-11-12-8-6-10-4-2/h3-8H2,1-2H3. The summed E-state index contributed by atoms with van der Waals surface area (Å²) in [5, 5.41) is 0. The summed E-state index contributed by atoms with van der Waals surface area (Å²) in [5.74, 6) is 7.76. The van der Waals surface area contributed by atoms with E-state index in [0.29, 0.717) is 0 Å². The average molecular weight is 242 g/mol. The Balaban J connectivity index is 2.73. The van der Waals surface area contributed by atoms with Crippen molar-refractivity contribution in [3.05, 3.63) is 0 Å². The molecule has 0 amide bonds. The molecule has 0 nitrogen and oxygen atoms in total. The first-order valence-electron chi connectivity index (χ1n) is 4.31. The second-order valence-electron chi connectivity index (χ2n) is 2.04. The SMILES string of the molecule is CCSCCSSCCSCC. The smallest absolute Gasteiger partial charge is 0.0128 e. The van der Waals surface area contributed by atoms with E-state index in [2.05, 4.69) is 13.8 Å².